The van der Waals surface area contributed by atoms with Crippen molar-refractivity contribution in [3.63, 3.8) is 0 Å². The second-order valence-corrected chi connectivity index (χ2v) is 5.32. The van der Waals surface area contributed by atoms with E-state index in [1.54, 1.807) is 17.0 Å². The molecule has 0 aliphatic carbocycles. The molecule has 3 nitrogen and oxygen atoms in total. The van der Waals surface area contributed by atoms with E-state index in [1.165, 1.54) is 12.1 Å². The molecule has 2 rings (SSSR count). The van der Waals surface area contributed by atoms with Crippen LogP contribution in [0.4, 0.5) is 4.39 Å². The molecule has 1 fully saturated rings. The largest absolute Gasteiger partial charge is 0.377 e. The van der Waals surface area contributed by atoms with Crippen LogP contribution in [-0.4, -0.2) is 41.9 Å². The summed E-state index contributed by atoms with van der Waals surface area (Å²) in [6, 6.07) is 6.12. The van der Waals surface area contributed by atoms with E-state index in [2.05, 4.69) is 15.9 Å². The number of likely N-dealkylation sites (tertiary alicyclic amines) is 1. The molecule has 104 valence electrons. The number of piperidine rings is 1. The van der Waals surface area contributed by atoms with Gasteiger partial charge in [0.25, 0.3) is 5.91 Å². The Hall–Kier alpha value is -0.940. The molecular weight excluding hydrogens is 313 g/mol. The minimum Gasteiger partial charge on any atom is -0.377 e. The van der Waals surface area contributed by atoms with Gasteiger partial charge in [-0.1, -0.05) is 28.1 Å². The maximum absolute atomic E-state index is 13.6. The van der Waals surface area contributed by atoms with Crippen molar-refractivity contribution in [2.75, 3.05) is 25.0 Å². The molecule has 0 N–H and O–H groups in total. The molecule has 1 heterocycles. The second-order valence-electron chi connectivity index (χ2n) is 4.53. The first-order chi connectivity index (χ1) is 9.22. The Morgan fingerprint density at radius 3 is 2.68 bits per heavy atom. The van der Waals surface area contributed by atoms with Crippen LogP contribution in [0.15, 0.2) is 24.3 Å². The summed E-state index contributed by atoms with van der Waals surface area (Å²) in [6.45, 7) is 1.94. The van der Waals surface area contributed by atoms with Gasteiger partial charge in [0.15, 0.2) is 0 Å². The quantitative estimate of drug-likeness (QED) is 0.795. The molecule has 0 unspecified atom stereocenters. The van der Waals surface area contributed by atoms with E-state index < -0.39 is 5.82 Å². The van der Waals surface area contributed by atoms with Gasteiger partial charge in [0.05, 0.1) is 18.3 Å². The van der Waals surface area contributed by atoms with Gasteiger partial charge in [-0.3, -0.25) is 4.79 Å². The van der Waals surface area contributed by atoms with Crippen LogP contribution in [0.1, 0.15) is 23.2 Å². The zero-order chi connectivity index (χ0) is 13.7. The number of hydrogen-bond donors (Lipinski definition) is 0. The Balaban J connectivity index is 1.91. The van der Waals surface area contributed by atoms with Crippen LogP contribution in [0.2, 0.25) is 0 Å². The number of rotatable bonds is 4. The van der Waals surface area contributed by atoms with E-state index in [0.717, 1.165) is 18.2 Å². The number of halogens is 2. The van der Waals surface area contributed by atoms with E-state index in [-0.39, 0.29) is 17.6 Å². The summed E-state index contributed by atoms with van der Waals surface area (Å²) in [5, 5.41) is 0.821. The first-order valence-corrected chi connectivity index (χ1v) is 7.56. The maximum atomic E-state index is 13.6. The molecule has 19 heavy (non-hydrogen) atoms. The average molecular weight is 330 g/mol. The Bertz CT molecular complexity index is 433. The van der Waals surface area contributed by atoms with Crippen molar-refractivity contribution in [3.8, 4) is 0 Å². The Morgan fingerprint density at radius 2 is 2.05 bits per heavy atom. The van der Waals surface area contributed by atoms with Crippen LogP contribution >= 0.6 is 15.9 Å². The zero-order valence-electron chi connectivity index (χ0n) is 10.6. The average Bonchev–Trinajstić information content (AvgIpc) is 2.45. The first-order valence-electron chi connectivity index (χ1n) is 6.43. The van der Waals surface area contributed by atoms with Crippen molar-refractivity contribution >= 4 is 21.8 Å². The lowest BCUT2D eigenvalue weighted by atomic mass is 10.1. The van der Waals surface area contributed by atoms with Gasteiger partial charge in [-0.2, -0.15) is 0 Å². The summed E-state index contributed by atoms with van der Waals surface area (Å²) < 4.78 is 19.2. The Labute approximate surface area is 120 Å². The van der Waals surface area contributed by atoms with E-state index >= 15 is 0 Å². The summed E-state index contributed by atoms with van der Waals surface area (Å²) in [7, 11) is 0. The lowest BCUT2D eigenvalue weighted by molar-refractivity contribution is 0.0158. The van der Waals surface area contributed by atoms with Gasteiger partial charge in [0.2, 0.25) is 0 Å². The van der Waals surface area contributed by atoms with E-state index in [9.17, 15) is 9.18 Å². The molecule has 1 saturated heterocycles. The number of alkyl halides is 1. The van der Waals surface area contributed by atoms with Gasteiger partial charge in [-0.15, -0.1) is 0 Å². The number of ether oxygens (including phenoxy) is 1. The van der Waals surface area contributed by atoms with Crippen molar-refractivity contribution < 1.29 is 13.9 Å². The van der Waals surface area contributed by atoms with Crippen LogP contribution < -0.4 is 0 Å². The molecule has 1 aromatic rings. The van der Waals surface area contributed by atoms with Crippen molar-refractivity contribution in [1.29, 1.82) is 0 Å². The fourth-order valence-corrected chi connectivity index (χ4v) is 2.43. The molecule has 0 bridgehead atoms. The summed E-state index contributed by atoms with van der Waals surface area (Å²) in [5.74, 6) is -0.679. The van der Waals surface area contributed by atoms with Crippen molar-refractivity contribution in [1.82, 2.24) is 4.90 Å². The second kappa shape index (κ2) is 7.01. The standard InChI is InChI=1S/C14H17BrFNO2/c15-7-10-19-11-5-8-17(9-6-11)14(18)12-3-1-2-4-13(12)16/h1-4,11H,5-10H2. The number of hydrogen-bond acceptors (Lipinski definition) is 2. The predicted octanol–water partition coefficient (Wildman–Crippen LogP) is 2.84. The lowest BCUT2D eigenvalue weighted by Gasteiger charge is -2.32. The number of carbonyl (C=O) groups is 1. The van der Waals surface area contributed by atoms with Crippen LogP contribution in [0.25, 0.3) is 0 Å². The summed E-state index contributed by atoms with van der Waals surface area (Å²) in [5.41, 5.74) is 0.155. The number of benzene rings is 1. The summed E-state index contributed by atoms with van der Waals surface area (Å²) in [6.07, 6.45) is 1.84. The SMILES string of the molecule is O=C(c1ccccc1F)N1CCC(OCCBr)CC1. The normalized spacial score (nSPS) is 16.6. The minimum absolute atomic E-state index is 0.155. The van der Waals surface area contributed by atoms with Gasteiger partial charge in [-0.05, 0) is 25.0 Å². The van der Waals surface area contributed by atoms with E-state index in [1.807, 2.05) is 0 Å². The highest BCUT2D eigenvalue weighted by Crippen LogP contribution is 2.17. The summed E-state index contributed by atoms with van der Waals surface area (Å²) >= 11 is 3.32. The van der Waals surface area contributed by atoms with Crippen LogP contribution in [0, 0.1) is 5.82 Å². The lowest BCUT2D eigenvalue weighted by Crippen LogP contribution is -2.41. The topological polar surface area (TPSA) is 29.5 Å². The molecule has 1 aliphatic heterocycles. The molecule has 0 aromatic heterocycles. The highest BCUT2D eigenvalue weighted by Gasteiger charge is 2.25. The smallest absolute Gasteiger partial charge is 0.256 e. The molecule has 1 aliphatic rings. The molecular formula is C14H17BrFNO2. The fraction of sp³-hybridized carbons (Fsp3) is 0.500. The number of amides is 1. The third-order valence-corrected chi connectivity index (χ3v) is 3.59. The Kier molecular flexibility index (Phi) is 5.34. The maximum Gasteiger partial charge on any atom is 0.256 e. The molecule has 0 atom stereocenters. The van der Waals surface area contributed by atoms with Crippen LogP contribution in [0.5, 0.6) is 0 Å². The van der Waals surface area contributed by atoms with Crippen molar-refractivity contribution in [2.24, 2.45) is 0 Å². The molecule has 5 heteroatoms. The van der Waals surface area contributed by atoms with Crippen molar-refractivity contribution in [2.45, 2.75) is 18.9 Å². The third kappa shape index (κ3) is 3.76. The van der Waals surface area contributed by atoms with E-state index in [4.69, 9.17) is 4.74 Å². The molecule has 0 saturated carbocycles. The monoisotopic (exact) mass is 329 g/mol. The van der Waals surface area contributed by atoms with Gasteiger partial charge >= 0.3 is 0 Å². The fourth-order valence-electron chi connectivity index (χ4n) is 2.24. The third-order valence-electron chi connectivity index (χ3n) is 3.26. The minimum atomic E-state index is -0.454. The van der Waals surface area contributed by atoms with Crippen LogP contribution in [-0.2, 0) is 4.74 Å². The van der Waals surface area contributed by atoms with Gasteiger partial charge < -0.3 is 9.64 Å². The van der Waals surface area contributed by atoms with Gasteiger partial charge in [-0.25, -0.2) is 4.39 Å². The first kappa shape index (κ1) is 14.5. The van der Waals surface area contributed by atoms with Gasteiger partial charge in [0.1, 0.15) is 5.82 Å². The molecule has 0 radical (unpaired) electrons. The Morgan fingerprint density at radius 1 is 1.37 bits per heavy atom. The van der Waals surface area contributed by atoms with Gasteiger partial charge in [0, 0.05) is 18.4 Å². The highest BCUT2D eigenvalue weighted by atomic mass is 79.9. The zero-order valence-corrected chi connectivity index (χ0v) is 12.2. The highest BCUT2D eigenvalue weighted by molar-refractivity contribution is 9.09. The molecule has 1 aromatic carbocycles. The molecule has 1 amide bonds. The van der Waals surface area contributed by atoms with Crippen molar-refractivity contribution in [3.05, 3.63) is 35.6 Å². The number of carbonyl (C=O) groups excluding carboxylic acids is 1. The predicted molar refractivity (Wildman–Crippen MR) is 75.1 cm³/mol. The van der Waals surface area contributed by atoms with E-state index in [0.29, 0.717) is 19.7 Å². The molecule has 0 spiro atoms. The summed E-state index contributed by atoms with van der Waals surface area (Å²) in [4.78, 5) is 13.9. The van der Waals surface area contributed by atoms with Crippen LogP contribution in [0.3, 0.4) is 0 Å². The number of nitrogens with zero attached hydrogens (tertiary/aromatic N) is 1.